The van der Waals surface area contributed by atoms with Crippen LogP contribution in [-0.4, -0.2) is 36.2 Å². The molecule has 0 spiro atoms. The van der Waals surface area contributed by atoms with Crippen LogP contribution in [0.5, 0.6) is 5.75 Å². The lowest BCUT2D eigenvalue weighted by Gasteiger charge is -2.17. The van der Waals surface area contributed by atoms with Crippen molar-refractivity contribution >= 4 is 5.91 Å². The summed E-state index contributed by atoms with van der Waals surface area (Å²) in [6, 6.07) is 6.87. The summed E-state index contributed by atoms with van der Waals surface area (Å²) in [5.74, 6) is 0.305. The van der Waals surface area contributed by atoms with E-state index in [2.05, 4.69) is 0 Å². The Morgan fingerprint density at radius 1 is 1.28 bits per heavy atom. The average molecular weight is 251 g/mol. The summed E-state index contributed by atoms with van der Waals surface area (Å²) < 4.78 is 5.29. The zero-order valence-electron chi connectivity index (χ0n) is 11.1. The van der Waals surface area contributed by atoms with Crippen molar-refractivity contribution in [3.63, 3.8) is 0 Å². The van der Waals surface area contributed by atoms with Crippen LogP contribution >= 0.6 is 0 Å². The number of hydrogen-bond donors (Lipinski definition) is 1. The highest BCUT2D eigenvalue weighted by Gasteiger charge is 2.08. The summed E-state index contributed by atoms with van der Waals surface area (Å²) in [5, 5.41) is 9.17. The summed E-state index contributed by atoms with van der Waals surface area (Å²) >= 11 is 0. The Bertz CT molecular complexity index is 362. The van der Waals surface area contributed by atoms with Gasteiger partial charge in [-0.1, -0.05) is 19.1 Å². The zero-order chi connectivity index (χ0) is 13.4. The van der Waals surface area contributed by atoms with Gasteiger partial charge >= 0.3 is 0 Å². The molecular formula is C14H21NO3. The van der Waals surface area contributed by atoms with Gasteiger partial charge in [0.2, 0.25) is 5.91 Å². The van der Waals surface area contributed by atoms with Crippen LogP contribution in [0.25, 0.3) is 0 Å². The van der Waals surface area contributed by atoms with E-state index in [0.717, 1.165) is 12.0 Å². The van der Waals surface area contributed by atoms with Gasteiger partial charge in [-0.15, -0.1) is 0 Å². The van der Waals surface area contributed by atoms with Crippen molar-refractivity contribution in [3.05, 3.63) is 29.8 Å². The number of aromatic hydroxyl groups is 1. The minimum atomic E-state index is 0.0687. The second-order valence-corrected chi connectivity index (χ2v) is 4.28. The van der Waals surface area contributed by atoms with Crippen molar-refractivity contribution in [3.8, 4) is 5.75 Å². The van der Waals surface area contributed by atoms with E-state index in [-0.39, 0.29) is 11.7 Å². The minimum Gasteiger partial charge on any atom is -0.508 e. The number of phenols is 1. The van der Waals surface area contributed by atoms with Crippen LogP contribution in [0.4, 0.5) is 0 Å². The van der Waals surface area contributed by atoms with E-state index >= 15 is 0 Å². The number of nitrogens with zero attached hydrogens (tertiary/aromatic N) is 1. The number of amides is 1. The number of hydrogen-bond acceptors (Lipinski definition) is 3. The Hall–Kier alpha value is -1.55. The number of phenolic OH excluding ortho intramolecular Hbond substituents is 1. The van der Waals surface area contributed by atoms with Crippen LogP contribution < -0.4 is 0 Å². The highest BCUT2D eigenvalue weighted by molar-refractivity contribution is 5.75. The molecule has 0 unspecified atom stereocenters. The predicted octanol–water partition coefficient (Wildman–Crippen LogP) is 2.17. The fraction of sp³-hybridized carbons (Fsp3) is 0.500. The maximum atomic E-state index is 11.8. The second-order valence-electron chi connectivity index (χ2n) is 4.28. The Morgan fingerprint density at radius 3 is 2.56 bits per heavy atom. The number of carbonyl (C=O) groups excluding carboxylic acids is 1. The molecule has 1 aromatic rings. The maximum absolute atomic E-state index is 11.8. The molecule has 0 radical (unpaired) electrons. The molecule has 0 bridgehead atoms. The third kappa shape index (κ3) is 5.19. The molecule has 0 aliphatic rings. The molecule has 4 heteroatoms. The van der Waals surface area contributed by atoms with E-state index in [1.54, 1.807) is 24.1 Å². The number of carbonyl (C=O) groups is 1. The normalized spacial score (nSPS) is 10.3. The SMILES string of the molecule is CCCOCCC(=O)N(C)Cc1ccc(O)cc1. The van der Waals surface area contributed by atoms with Crippen LogP contribution in [0.15, 0.2) is 24.3 Å². The lowest BCUT2D eigenvalue weighted by molar-refractivity contribution is -0.131. The van der Waals surface area contributed by atoms with Gasteiger partial charge in [-0.2, -0.15) is 0 Å². The fourth-order valence-corrected chi connectivity index (χ4v) is 1.56. The van der Waals surface area contributed by atoms with Gasteiger partial charge < -0.3 is 14.7 Å². The predicted molar refractivity (Wildman–Crippen MR) is 70.3 cm³/mol. The molecule has 0 heterocycles. The first kappa shape index (κ1) is 14.5. The monoisotopic (exact) mass is 251 g/mol. The summed E-state index contributed by atoms with van der Waals surface area (Å²) in [7, 11) is 1.77. The van der Waals surface area contributed by atoms with E-state index < -0.39 is 0 Å². The van der Waals surface area contributed by atoms with Crippen molar-refractivity contribution in [1.82, 2.24) is 4.90 Å². The average Bonchev–Trinajstić information content (AvgIpc) is 2.37. The summed E-state index contributed by atoms with van der Waals surface area (Å²) in [5.41, 5.74) is 0.998. The highest BCUT2D eigenvalue weighted by Crippen LogP contribution is 2.11. The van der Waals surface area contributed by atoms with Gasteiger partial charge in [-0.3, -0.25) is 4.79 Å². The zero-order valence-corrected chi connectivity index (χ0v) is 11.1. The van der Waals surface area contributed by atoms with Gasteiger partial charge in [0, 0.05) is 20.2 Å². The molecule has 0 fully saturated rings. The van der Waals surface area contributed by atoms with Crippen molar-refractivity contribution in [2.24, 2.45) is 0 Å². The molecule has 1 rings (SSSR count). The standard InChI is InChI=1S/C14H21NO3/c1-3-9-18-10-8-14(17)15(2)11-12-4-6-13(16)7-5-12/h4-7,16H,3,8-11H2,1-2H3. The quantitative estimate of drug-likeness (QED) is 0.756. The largest absolute Gasteiger partial charge is 0.508 e. The summed E-state index contributed by atoms with van der Waals surface area (Å²) in [6.07, 6.45) is 1.38. The van der Waals surface area contributed by atoms with Gasteiger partial charge in [0.25, 0.3) is 0 Å². The molecule has 1 N–H and O–H groups in total. The minimum absolute atomic E-state index is 0.0687. The molecule has 0 saturated heterocycles. The van der Waals surface area contributed by atoms with Crippen LogP contribution in [0.2, 0.25) is 0 Å². The smallest absolute Gasteiger partial charge is 0.224 e. The van der Waals surface area contributed by atoms with E-state index in [1.165, 1.54) is 0 Å². The van der Waals surface area contributed by atoms with Crippen LogP contribution in [0, 0.1) is 0 Å². The first-order chi connectivity index (χ1) is 8.63. The topological polar surface area (TPSA) is 49.8 Å². The Morgan fingerprint density at radius 2 is 1.94 bits per heavy atom. The molecule has 0 atom stereocenters. The van der Waals surface area contributed by atoms with Crippen molar-refractivity contribution in [1.29, 1.82) is 0 Å². The molecular weight excluding hydrogens is 230 g/mol. The number of benzene rings is 1. The number of ether oxygens (including phenoxy) is 1. The molecule has 0 aromatic heterocycles. The summed E-state index contributed by atoms with van der Waals surface area (Å²) in [4.78, 5) is 13.4. The first-order valence-corrected chi connectivity index (χ1v) is 6.23. The second kappa shape index (κ2) is 7.71. The molecule has 0 saturated carbocycles. The Kier molecular flexibility index (Phi) is 6.22. The first-order valence-electron chi connectivity index (χ1n) is 6.23. The molecule has 100 valence electrons. The third-order valence-electron chi connectivity index (χ3n) is 2.59. The van der Waals surface area contributed by atoms with Gasteiger partial charge in [0.05, 0.1) is 13.0 Å². The lowest BCUT2D eigenvalue weighted by atomic mass is 10.2. The fourth-order valence-electron chi connectivity index (χ4n) is 1.56. The van der Waals surface area contributed by atoms with E-state index in [4.69, 9.17) is 9.84 Å². The van der Waals surface area contributed by atoms with E-state index in [9.17, 15) is 4.79 Å². The molecule has 1 aromatic carbocycles. The van der Waals surface area contributed by atoms with Gasteiger partial charge in [0.1, 0.15) is 5.75 Å². The lowest BCUT2D eigenvalue weighted by Crippen LogP contribution is -2.27. The molecule has 0 aliphatic carbocycles. The van der Waals surface area contributed by atoms with Crippen molar-refractivity contribution < 1.29 is 14.6 Å². The van der Waals surface area contributed by atoms with E-state index in [1.807, 2.05) is 19.1 Å². The van der Waals surface area contributed by atoms with Crippen molar-refractivity contribution in [2.75, 3.05) is 20.3 Å². The maximum Gasteiger partial charge on any atom is 0.224 e. The van der Waals surface area contributed by atoms with Crippen LogP contribution in [0.1, 0.15) is 25.3 Å². The third-order valence-corrected chi connectivity index (χ3v) is 2.59. The van der Waals surface area contributed by atoms with Gasteiger partial charge in [-0.25, -0.2) is 0 Å². The molecule has 0 aliphatic heterocycles. The Balaban J connectivity index is 2.33. The van der Waals surface area contributed by atoms with Gasteiger partial charge in [0.15, 0.2) is 0 Å². The molecule has 1 amide bonds. The van der Waals surface area contributed by atoms with E-state index in [0.29, 0.717) is 26.2 Å². The van der Waals surface area contributed by atoms with Crippen LogP contribution in [0.3, 0.4) is 0 Å². The number of rotatable bonds is 7. The molecule has 4 nitrogen and oxygen atoms in total. The van der Waals surface area contributed by atoms with Crippen molar-refractivity contribution in [2.45, 2.75) is 26.3 Å². The highest BCUT2D eigenvalue weighted by atomic mass is 16.5. The molecule has 18 heavy (non-hydrogen) atoms. The Labute approximate surface area is 108 Å². The van der Waals surface area contributed by atoms with Gasteiger partial charge in [-0.05, 0) is 24.1 Å². The summed E-state index contributed by atoms with van der Waals surface area (Å²) in [6.45, 7) is 3.77. The van der Waals surface area contributed by atoms with Crippen LogP contribution in [-0.2, 0) is 16.1 Å².